The van der Waals surface area contributed by atoms with Crippen LogP contribution in [0.4, 0.5) is 5.69 Å². The minimum atomic E-state index is -0.0482. The third-order valence-electron chi connectivity index (χ3n) is 5.26. The molecule has 1 aliphatic rings. The molecule has 0 radical (unpaired) electrons. The fraction of sp³-hybridized carbons (Fsp3) is 0.200. The van der Waals surface area contributed by atoms with Gasteiger partial charge in [0.05, 0.1) is 12.9 Å². The number of nitrogens with one attached hydrogen (secondary N) is 1. The highest BCUT2D eigenvalue weighted by atomic mass is 32.2. The molecular formula is C25H23NO3S. The number of ether oxygens (including phenoxy) is 1. The van der Waals surface area contributed by atoms with E-state index in [1.807, 2.05) is 18.2 Å². The Bertz CT molecular complexity index is 1120. The van der Waals surface area contributed by atoms with Crippen molar-refractivity contribution in [1.82, 2.24) is 0 Å². The minimum Gasteiger partial charge on any atom is -0.496 e. The largest absolute Gasteiger partial charge is 0.496 e. The molecule has 3 aromatic carbocycles. The van der Waals surface area contributed by atoms with Crippen molar-refractivity contribution in [1.29, 1.82) is 0 Å². The Balaban J connectivity index is 1.38. The second kappa shape index (κ2) is 8.76. The van der Waals surface area contributed by atoms with Crippen LogP contribution in [0.25, 0.3) is 11.1 Å². The summed E-state index contributed by atoms with van der Waals surface area (Å²) in [5.41, 5.74) is 7.44. The van der Waals surface area contributed by atoms with Gasteiger partial charge in [-0.1, -0.05) is 30.3 Å². The first-order chi connectivity index (χ1) is 14.5. The van der Waals surface area contributed by atoms with E-state index in [0.717, 1.165) is 23.4 Å². The van der Waals surface area contributed by atoms with E-state index in [2.05, 4.69) is 35.6 Å². The molecule has 0 bridgehead atoms. The summed E-state index contributed by atoms with van der Waals surface area (Å²) in [6, 6.07) is 19.9. The molecule has 0 fully saturated rings. The van der Waals surface area contributed by atoms with Crippen LogP contribution >= 0.6 is 11.8 Å². The highest BCUT2D eigenvalue weighted by molar-refractivity contribution is 7.99. The second-order valence-electron chi connectivity index (χ2n) is 7.33. The molecule has 4 nitrogen and oxygen atoms in total. The van der Waals surface area contributed by atoms with Crippen LogP contribution in [0.3, 0.4) is 0 Å². The molecule has 0 saturated heterocycles. The number of rotatable bonds is 7. The molecule has 152 valence electrons. The lowest BCUT2D eigenvalue weighted by Gasteiger charge is -2.10. The van der Waals surface area contributed by atoms with Crippen LogP contribution < -0.4 is 10.1 Å². The fourth-order valence-corrected chi connectivity index (χ4v) is 4.57. The van der Waals surface area contributed by atoms with E-state index in [1.54, 1.807) is 26.2 Å². The zero-order chi connectivity index (χ0) is 21.1. The number of ketones is 1. The van der Waals surface area contributed by atoms with Gasteiger partial charge in [-0.2, -0.15) is 0 Å². The van der Waals surface area contributed by atoms with E-state index >= 15 is 0 Å². The van der Waals surface area contributed by atoms with Crippen LogP contribution in [0.15, 0.2) is 60.7 Å². The number of benzene rings is 3. The average molecular weight is 418 g/mol. The molecule has 3 aromatic rings. The summed E-state index contributed by atoms with van der Waals surface area (Å²) in [5.74, 6) is 1.61. The van der Waals surface area contributed by atoms with Gasteiger partial charge in [0.1, 0.15) is 5.75 Å². The molecule has 0 aliphatic heterocycles. The lowest BCUT2D eigenvalue weighted by Crippen LogP contribution is -2.14. The van der Waals surface area contributed by atoms with Crippen LogP contribution in [0.1, 0.15) is 34.0 Å². The van der Waals surface area contributed by atoms with Gasteiger partial charge in [0.15, 0.2) is 5.78 Å². The summed E-state index contributed by atoms with van der Waals surface area (Å²) in [7, 11) is 1.61. The van der Waals surface area contributed by atoms with E-state index in [0.29, 0.717) is 17.1 Å². The minimum absolute atomic E-state index is 0.0137. The Morgan fingerprint density at radius 1 is 1.00 bits per heavy atom. The number of hydrogen-bond acceptors (Lipinski definition) is 4. The number of fused-ring (bicyclic) bond motifs is 3. The monoisotopic (exact) mass is 417 g/mol. The zero-order valence-electron chi connectivity index (χ0n) is 17.0. The van der Waals surface area contributed by atoms with Gasteiger partial charge in [-0.05, 0) is 65.9 Å². The standard InChI is InChI=1S/C25H23NO3S/c1-16(27)17-8-10-24(29-2)20(11-17)14-30-15-25(28)26-21-9-7-19-12-18-5-3-4-6-22(18)23(19)13-21/h3-11,13H,12,14-15H2,1-2H3,(H,26,28). The van der Waals surface area contributed by atoms with E-state index in [-0.39, 0.29) is 11.7 Å². The highest BCUT2D eigenvalue weighted by Gasteiger charge is 2.18. The third-order valence-corrected chi connectivity index (χ3v) is 6.24. The topological polar surface area (TPSA) is 55.4 Å². The normalized spacial score (nSPS) is 11.5. The lowest BCUT2D eigenvalue weighted by atomic mass is 10.1. The van der Waals surface area contributed by atoms with Crippen molar-refractivity contribution >= 4 is 29.1 Å². The van der Waals surface area contributed by atoms with Gasteiger partial charge < -0.3 is 10.1 Å². The van der Waals surface area contributed by atoms with Gasteiger partial charge >= 0.3 is 0 Å². The van der Waals surface area contributed by atoms with Crippen LogP contribution in [0, 0.1) is 0 Å². The van der Waals surface area contributed by atoms with Crippen LogP contribution in [-0.2, 0) is 17.0 Å². The number of carbonyl (C=O) groups excluding carboxylic acids is 2. The molecule has 0 saturated carbocycles. The third kappa shape index (κ3) is 4.26. The molecule has 4 rings (SSSR count). The number of thioether (sulfide) groups is 1. The maximum Gasteiger partial charge on any atom is 0.234 e. The molecule has 1 N–H and O–H groups in total. The van der Waals surface area contributed by atoms with Gasteiger partial charge in [-0.15, -0.1) is 11.8 Å². The first-order valence-corrected chi connectivity index (χ1v) is 11.0. The molecule has 0 unspecified atom stereocenters. The zero-order valence-corrected chi connectivity index (χ0v) is 17.8. The molecule has 5 heteroatoms. The van der Waals surface area contributed by atoms with Gasteiger partial charge in [-0.25, -0.2) is 0 Å². The first kappa shape index (κ1) is 20.2. The van der Waals surface area contributed by atoms with Crippen molar-refractivity contribution in [2.24, 2.45) is 0 Å². The second-order valence-corrected chi connectivity index (χ2v) is 8.32. The molecule has 0 spiro atoms. The summed E-state index contributed by atoms with van der Waals surface area (Å²) in [5, 5.41) is 3.00. The van der Waals surface area contributed by atoms with Gasteiger partial charge in [0.25, 0.3) is 0 Å². The van der Waals surface area contributed by atoms with E-state index < -0.39 is 0 Å². The first-order valence-electron chi connectivity index (χ1n) is 9.82. The summed E-state index contributed by atoms with van der Waals surface area (Å²) in [4.78, 5) is 24.1. The number of carbonyl (C=O) groups is 2. The predicted molar refractivity (Wildman–Crippen MR) is 122 cm³/mol. The fourth-order valence-electron chi connectivity index (χ4n) is 3.76. The number of amides is 1. The van der Waals surface area contributed by atoms with Crippen molar-refractivity contribution in [2.45, 2.75) is 19.1 Å². The summed E-state index contributed by atoms with van der Waals surface area (Å²) < 4.78 is 5.38. The van der Waals surface area contributed by atoms with Gasteiger partial charge in [0.2, 0.25) is 5.91 Å². The van der Waals surface area contributed by atoms with E-state index in [9.17, 15) is 9.59 Å². The SMILES string of the molecule is COc1ccc(C(C)=O)cc1CSCC(=O)Nc1ccc2c(c1)-c1ccccc1C2. The quantitative estimate of drug-likeness (QED) is 0.412. The molecule has 30 heavy (non-hydrogen) atoms. The van der Waals surface area contributed by atoms with Crippen molar-refractivity contribution < 1.29 is 14.3 Å². The Kier molecular flexibility index (Phi) is 5.91. The number of hydrogen-bond donors (Lipinski definition) is 1. The van der Waals surface area contributed by atoms with Crippen LogP contribution in [-0.4, -0.2) is 24.6 Å². The Morgan fingerprint density at radius 3 is 2.60 bits per heavy atom. The van der Waals surface area contributed by atoms with Crippen molar-refractivity contribution in [3.05, 3.63) is 82.9 Å². The van der Waals surface area contributed by atoms with E-state index in [1.165, 1.54) is 34.0 Å². The molecule has 1 amide bonds. The van der Waals surface area contributed by atoms with Crippen LogP contribution in [0.5, 0.6) is 5.75 Å². The number of methoxy groups -OCH3 is 1. The Morgan fingerprint density at radius 2 is 1.80 bits per heavy atom. The van der Waals surface area contributed by atoms with Crippen molar-refractivity contribution in [3.8, 4) is 16.9 Å². The van der Waals surface area contributed by atoms with Crippen LogP contribution in [0.2, 0.25) is 0 Å². The maximum absolute atomic E-state index is 12.5. The van der Waals surface area contributed by atoms with E-state index in [4.69, 9.17) is 4.74 Å². The maximum atomic E-state index is 12.5. The molecular weight excluding hydrogens is 394 g/mol. The number of anilines is 1. The number of Topliss-reactive ketones (excluding diaryl/α,β-unsaturated/α-hetero) is 1. The lowest BCUT2D eigenvalue weighted by molar-refractivity contribution is -0.113. The molecule has 0 atom stereocenters. The van der Waals surface area contributed by atoms with Crippen molar-refractivity contribution in [3.63, 3.8) is 0 Å². The molecule has 1 aliphatic carbocycles. The Hall–Kier alpha value is -3.05. The van der Waals surface area contributed by atoms with Gasteiger partial charge in [-0.3, -0.25) is 9.59 Å². The molecule has 0 aromatic heterocycles. The van der Waals surface area contributed by atoms with Crippen molar-refractivity contribution in [2.75, 3.05) is 18.2 Å². The summed E-state index contributed by atoms with van der Waals surface area (Å²) in [6.45, 7) is 1.54. The smallest absolute Gasteiger partial charge is 0.234 e. The predicted octanol–water partition coefficient (Wildman–Crippen LogP) is 5.34. The average Bonchev–Trinajstić information content (AvgIpc) is 3.11. The summed E-state index contributed by atoms with van der Waals surface area (Å²) in [6.07, 6.45) is 0.941. The van der Waals surface area contributed by atoms with Gasteiger partial charge in [0, 0.05) is 22.6 Å². The Labute approximate surface area is 180 Å². The summed E-state index contributed by atoms with van der Waals surface area (Å²) >= 11 is 1.49. The highest BCUT2D eigenvalue weighted by Crippen LogP contribution is 2.37. The molecule has 0 heterocycles.